The van der Waals surface area contributed by atoms with Crippen LogP contribution in [0.3, 0.4) is 0 Å². The Morgan fingerprint density at radius 3 is 2.89 bits per heavy atom. The van der Waals surface area contributed by atoms with Gasteiger partial charge in [0.2, 0.25) is 5.95 Å². The molecule has 144 valence electrons. The molecule has 6 nitrogen and oxygen atoms in total. The zero-order chi connectivity index (χ0) is 19.8. The average Bonchev–Trinajstić information content (AvgIpc) is 3.15. The molecule has 1 aromatic carbocycles. The molecule has 0 saturated carbocycles. The number of nitrogens with one attached hydrogen (secondary N) is 1. The van der Waals surface area contributed by atoms with Gasteiger partial charge in [-0.1, -0.05) is 0 Å². The third-order valence-electron chi connectivity index (χ3n) is 5.14. The van der Waals surface area contributed by atoms with Gasteiger partial charge in [-0.2, -0.15) is 0 Å². The maximum atomic E-state index is 14.3. The maximum absolute atomic E-state index is 14.3. The van der Waals surface area contributed by atoms with E-state index >= 15 is 0 Å². The van der Waals surface area contributed by atoms with Crippen LogP contribution in [0.25, 0.3) is 11.1 Å². The first-order valence-electron chi connectivity index (χ1n) is 9.13. The predicted octanol–water partition coefficient (Wildman–Crippen LogP) is 3.15. The molecule has 0 amide bonds. The van der Waals surface area contributed by atoms with Crippen LogP contribution in [0, 0.1) is 19.7 Å². The number of hydrogen-bond acceptors (Lipinski definition) is 5. The second kappa shape index (κ2) is 7.07. The van der Waals surface area contributed by atoms with Gasteiger partial charge in [-0.25, -0.2) is 9.37 Å². The molecular weight excluding hydrogens is 359 g/mol. The molecule has 0 radical (unpaired) electrons. The lowest BCUT2D eigenvalue weighted by molar-refractivity contribution is 0.356. The van der Waals surface area contributed by atoms with Crippen LogP contribution >= 0.6 is 0 Å². The van der Waals surface area contributed by atoms with Gasteiger partial charge in [-0.05, 0) is 37.6 Å². The molecular formula is C21H21FN4O2. The zero-order valence-corrected chi connectivity index (χ0v) is 16.0. The van der Waals surface area contributed by atoms with E-state index in [9.17, 15) is 9.18 Å². The molecule has 1 N–H and O–H groups in total. The third kappa shape index (κ3) is 3.02. The van der Waals surface area contributed by atoms with E-state index in [1.165, 1.54) is 10.6 Å². The van der Waals surface area contributed by atoms with Gasteiger partial charge in [0.25, 0.3) is 5.56 Å². The Balaban J connectivity index is 1.69. The molecule has 0 fully saturated rings. The summed E-state index contributed by atoms with van der Waals surface area (Å²) < 4.78 is 21.3. The molecule has 7 heteroatoms. The quantitative estimate of drug-likeness (QED) is 0.753. The molecule has 0 aliphatic carbocycles. The van der Waals surface area contributed by atoms with Gasteiger partial charge >= 0.3 is 0 Å². The molecule has 28 heavy (non-hydrogen) atoms. The Kier molecular flexibility index (Phi) is 4.58. The minimum atomic E-state index is -0.291. The Bertz CT molecular complexity index is 1120. The van der Waals surface area contributed by atoms with Crippen LogP contribution in [0.1, 0.15) is 22.4 Å². The van der Waals surface area contributed by atoms with Crippen molar-refractivity contribution >= 4 is 5.95 Å². The summed E-state index contributed by atoms with van der Waals surface area (Å²) in [6.45, 7) is 4.51. The summed E-state index contributed by atoms with van der Waals surface area (Å²) in [6.07, 6.45) is 4.05. The highest BCUT2D eigenvalue weighted by Gasteiger charge is 2.20. The van der Waals surface area contributed by atoms with Crippen LogP contribution in [0.2, 0.25) is 0 Å². The summed E-state index contributed by atoms with van der Waals surface area (Å²) in [5.74, 6) is 0.823. The molecule has 4 rings (SSSR count). The van der Waals surface area contributed by atoms with Crippen molar-refractivity contribution in [3.8, 4) is 16.9 Å². The molecule has 1 aliphatic rings. The zero-order valence-electron chi connectivity index (χ0n) is 16.0. The van der Waals surface area contributed by atoms with Gasteiger partial charge in [-0.3, -0.25) is 14.3 Å². The maximum Gasteiger partial charge on any atom is 0.262 e. The summed E-state index contributed by atoms with van der Waals surface area (Å²) in [7, 11) is 1.65. The third-order valence-corrected chi connectivity index (χ3v) is 5.14. The van der Waals surface area contributed by atoms with Gasteiger partial charge in [0.1, 0.15) is 11.6 Å². The Hall–Kier alpha value is -3.22. The number of aromatic nitrogens is 3. The van der Waals surface area contributed by atoms with Crippen LogP contribution < -0.4 is 15.6 Å². The van der Waals surface area contributed by atoms with Gasteiger partial charge in [0, 0.05) is 49.1 Å². The van der Waals surface area contributed by atoms with Crippen LogP contribution in [0.4, 0.5) is 10.3 Å². The van der Waals surface area contributed by atoms with Gasteiger partial charge in [-0.15, -0.1) is 0 Å². The number of hydrogen-bond donors (Lipinski definition) is 1. The van der Waals surface area contributed by atoms with E-state index in [1.807, 2.05) is 13.0 Å². The minimum Gasteiger partial charge on any atom is -0.493 e. The topological polar surface area (TPSA) is 69.0 Å². The highest BCUT2D eigenvalue weighted by molar-refractivity contribution is 5.68. The molecule has 1 aliphatic heterocycles. The fraction of sp³-hybridized carbons (Fsp3) is 0.286. The Morgan fingerprint density at radius 1 is 1.29 bits per heavy atom. The fourth-order valence-corrected chi connectivity index (χ4v) is 3.58. The molecule has 0 saturated heterocycles. The molecule has 0 bridgehead atoms. The monoisotopic (exact) mass is 380 g/mol. The normalized spacial score (nSPS) is 12.6. The number of fused-ring (bicyclic) bond motifs is 1. The van der Waals surface area contributed by atoms with Crippen LogP contribution in [-0.2, 0) is 20.0 Å². The number of benzene rings is 1. The van der Waals surface area contributed by atoms with E-state index in [0.717, 1.165) is 22.4 Å². The molecule has 0 unspecified atom stereocenters. The number of pyridine rings is 1. The SMILES string of the molecule is Cc1ccncc1-c1c(C)nc(NCc2c(F)ccc3c2CCO3)n(C)c1=O. The summed E-state index contributed by atoms with van der Waals surface area (Å²) >= 11 is 0. The Morgan fingerprint density at radius 2 is 2.11 bits per heavy atom. The second-order valence-corrected chi connectivity index (χ2v) is 6.91. The van der Waals surface area contributed by atoms with Crippen LogP contribution in [0.5, 0.6) is 5.75 Å². The standard InChI is InChI=1S/C21H21FN4O2/c1-12-6-8-23-10-15(12)19-13(2)25-21(26(3)20(19)27)24-11-16-14-7-9-28-18(14)5-4-17(16)22/h4-6,8,10H,7,9,11H2,1-3H3,(H,24,25). The number of rotatable bonds is 4. The van der Waals surface area contributed by atoms with Crippen molar-refractivity contribution in [2.75, 3.05) is 11.9 Å². The van der Waals surface area contributed by atoms with E-state index in [-0.39, 0.29) is 17.9 Å². The molecule has 0 atom stereocenters. The van der Waals surface area contributed by atoms with Crippen molar-refractivity contribution in [2.24, 2.45) is 7.05 Å². The van der Waals surface area contributed by atoms with Crippen molar-refractivity contribution in [1.82, 2.24) is 14.5 Å². The largest absolute Gasteiger partial charge is 0.493 e. The Labute approximate surface area is 162 Å². The molecule has 3 aromatic rings. The van der Waals surface area contributed by atoms with Crippen molar-refractivity contribution in [3.63, 3.8) is 0 Å². The fourth-order valence-electron chi connectivity index (χ4n) is 3.58. The van der Waals surface area contributed by atoms with E-state index in [0.29, 0.717) is 35.8 Å². The first-order chi connectivity index (χ1) is 13.5. The van der Waals surface area contributed by atoms with E-state index in [2.05, 4.69) is 15.3 Å². The molecule has 0 spiro atoms. The number of nitrogens with zero attached hydrogens (tertiary/aromatic N) is 3. The van der Waals surface area contributed by atoms with E-state index in [4.69, 9.17) is 4.74 Å². The number of halogens is 1. The van der Waals surface area contributed by atoms with Crippen molar-refractivity contribution in [2.45, 2.75) is 26.8 Å². The summed E-state index contributed by atoms with van der Waals surface area (Å²) in [5, 5.41) is 3.12. The van der Waals surface area contributed by atoms with Crippen LogP contribution in [0.15, 0.2) is 35.4 Å². The number of aryl methyl sites for hydroxylation is 2. The molecule has 3 heterocycles. The highest BCUT2D eigenvalue weighted by Crippen LogP contribution is 2.30. The second-order valence-electron chi connectivity index (χ2n) is 6.91. The van der Waals surface area contributed by atoms with E-state index < -0.39 is 0 Å². The van der Waals surface area contributed by atoms with Crippen molar-refractivity contribution < 1.29 is 9.13 Å². The van der Waals surface area contributed by atoms with Crippen LogP contribution in [-0.4, -0.2) is 21.1 Å². The lowest BCUT2D eigenvalue weighted by atomic mass is 10.0. The summed E-state index contributed by atoms with van der Waals surface area (Å²) in [5.41, 5.74) is 4.10. The number of anilines is 1. The van der Waals surface area contributed by atoms with Gasteiger partial charge in [0.15, 0.2) is 0 Å². The van der Waals surface area contributed by atoms with Crippen molar-refractivity contribution in [1.29, 1.82) is 0 Å². The first kappa shape index (κ1) is 18.2. The lowest BCUT2D eigenvalue weighted by Crippen LogP contribution is -2.25. The average molecular weight is 380 g/mol. The van der Waals surface area contributed by atoms with E-state index in [1.54, 1.807) is 32.4 Å². The van der Waals surface area contributed by atoms with Gasteiger partial charge < -0.3 is 10.1 Å². The first-order valence-corrected chi connectivity index (χ1v) is 9.13. The predicted molar refractivity (Wildman–Crippen MR) is 105 cm³/mol. The van der Waals surface area contributed by atoms with Crippen molar-refractivity contribution in [3.05, 3.63) is 69.1 Å². The summed E-state index contributed by atoms with van der Waals surface area (Å²) in [6, 6.07) is 4.93. The smallest absolute Gasteiger partial charge is 0.262 e. The van der Waals surface area contributed by atoms with Gasteiger partial charge in [0.05, 0.1) is 17.9 Å². The number of ether oxygens (including phenoxy) is 1. The minimum absolute atomic E-state index is 0.173. The molecule has 2 aromatic heterocycles. The highest BCUT2D eigenvalue weighted by atomic mass is 19.1. The summed E-state index contributed by atoms with van der Waals surface area (Å²) in [4.78, 5) is 21.7. The lowest BCUT2D eigenvalue weighted by Gasteiger charge is -2.16.